The first-order valence-corrected chi connectivity index (χ1v) is 14.0. The number of hydrogen-bond donors (Lipinski definition) is 0. The van der Waals surface area contributed by atoms with Gasteiger partial charge in [-0.15, -0.1) is 0 Å². The Labute approximate surface area is 243 Å². The molecule has 4 aromatic carbocycles. The van der Waals surface area contributed by atoms with E-state index in [1.165, 1.54) is 11.1 Å². The summed E-state index contributed by atoms with van der Waals surface area (Å²) < 4.78 is 18.5. The lowest BCUT2D eigenvalue weighted by Gasteiger charge is -2.32. The van der Waals surface area contributed by atoms with Crippen molar-refractivity contribution in [3.8, 4) is 50.5 Å². The van der Waals surface area contributed by atoms with Crippen LogP contribution in [0.4, 0.5) is 0 Å². The summed E-state index contributed by atoms with van der Waals surface area (Å²) in [5, 5.41) is 0. The molecule has 5 heteroatoms. The van der Waals surface area contributed by atoms with E-state index >= 15 is 0 Å². The van der Waals surface area contributed by atoms with Gasteiger partial charge in [0.2, 0.25) is 0 Å². The molecule has 0 unspecified atom stereocenters. The summed E-state index contributed by atoms with van der Waals surface area (Å²) in [4.78, 5) is 5.17. The minimum absolute atomic E-state index is 0.413. The quantitative estimate of drug-likeness (QED) is 0.205. The number of aromatic nitrogens is 1. The molecule has 0 N–H and O–H groups in total. The van der Waals surface area contributed by atoms with Gasteiger partial charge < -0.3 is 14.0 Å². The van der Waals surface area contributed by atoms with E-state index in [1.807, 2.05) is 30.3 Å². The Morgan fingerprint density at radius 2 is 1.12 bits per heavy atom. The van der Waals surface area contributed by atoms with Crippen LogP contribution in [0.1, 0.15) is 27.7 Å². The topological polar surface area (TPSA) is 40.6 Å². The number of para-hydroxylation sites is 1. The molecule has 0 atom stereocenters. The number of rotatable bonds is 6. The molecular weight excluding hydrogens is 505 g/mol. The Balaban J connectivity index is 1.51. The highest BCUT2D eigenvalue weighted by molar-refractivity contribution is 6.62. The smallest absolute Gasteiger partial charge is 0.494 e. The Kier molecular flexibility index (Phi) is 7.02. The molecule has 0 aliphatic carbocycles. The molecule has 1 aromatic heterocycles. The Bertz CT molecular complexity index is 1680. The molecule has 1 saturated heterocycles. The average Bonchev–Trinajstić information content (AvgIpc) is 3.23. The molecule has 1 fully saturated rings. The number of benzene rings is 4. The molecule has 5 aromatic rings. The van der Waals surface area contributed by atoms with E-state index in [1.54, 1.807) is 7.11 Å². The van der Waals surface area contributed by atoms with Crippen LogP contribution < -0.4 is 10.2 Å². The first-order chi connectivity index (χ1) is 19.8. The van der Waals surface area contributed by atoms with Crippen molar-refractivity contribution in [1.29, 1.82) is 0 Å². The van der Waals surface area contributed by atoms with E-state index in [2.05, 4.69) is 113 Å². The number of methoxy groups -OCH3 is 1. The normalized spacial score (nSPS) is 15.6. The monoisotopic (exact) mass is 539 g/mol. The van der Waals surface area contributed by atoms with Gasteiger partial charge in [0.25, 0.3) is 0 Å². The highest BCUT2D eigenvalue weighted by Gasteiger charge is 2.51. The van der Waals surface area contributed by atoms with Gasteiger partial charge in [0.1, 0.15) is 5.75 Å². The maximum absolute atomic E-state index is 6.36. The fourth-order valence-electron chi connectivity index (χ4n) is 5.26. The van der Waals surface area contributed by atoms with Gasteiger partial charge in [0, 0.05) is 5.56 Å². The van der Waals surface area contributed by atoms with Gasteiger partial charge in [-0.2, -0.15) is 0 Å². The van der Waals surface area contributed by atoms with Crippen LogP contribution in [0.5, 0.6) is 5.75 Å². The van der Waals surface area contributed by atoms with Crippen molar-refractivity contribution in [3.63, 3.8) is 0 Å². The lowest BCUT2D eigenvalue weighted by molar-refractivity contribution is 0.00578. The lowest BCUT2D eigenvalue weighted by atomic mass is 9.78. The van der Waals surface area contributed by atoms with Gasteiger partial charge in [-0.05, 0) is 85.2 Å². The SMILES string of the molecule is COc1ccccc1-c1cc(-c2ccccc2-c2ccccc2)cc(-c2cccc(B3OC(C)(C)C(C)(C)O3)c2)n1. The van der Waals surface area contributed by atoms with Crippen LogP contribution in [-0.2, 0) is 9.31 Å². The Morgan fingerprint density at radius 1 is 0.561 bits per heavy atom. The van der Waals surface area contributed by atoms with E-state index in [9.17, 15) is 0 Å². The van der Waals surface area contributed by atoms with Crippen LogP contribution in [0.2, 0.25) is 0 Å². The first-order valence-electron chi connectivity index (χ1n) is 14.0. The van der Waals surface area contributed by atoms with Crippen LogP contribution in [0.3, 0.4) is 0 Å². The fraction of sp³-hybridized carbons (Fsp3) is 0.194. The van der Waals surface area contributed by atoms with Crippen molar-refractivity contribution in [2.75, 3.05) is 7.11 Å². The fourth-order valence-corrected chi connectivity index (χ4v) is 5.26. The summed E-state index contributed by atoms with van der Waals surface area (Å²) in [6.07, 6.45) is 0. The van der Waals surface area contributed by atoms with Gasteiger partial charge in [-0.3, -0.25) is 0 Å². The van der Waals surface area contributed by atoms with Crippen LogP contribution in [0.25, 0.3) is 44.8 Å². The molecule has 41 heavy (non-hydrogen) atoms. The number of pyridine rings is 1. The summed E-state index contributed by atoms with van der Waals surface area (Å²) in [6, 6.07) is 39.7. The molecule has 2 heterocycles. The number of hydrogen-bond acceptors (Lipinski definition) is 4. The van der Waals surface area contributed by atoms with Crippen molar-refractivity contribution < 1.29 is 14.0 Å². The third kappa shape index (κ3) is 5.19. The molecule has 1 aliphatic rings. The maximum Gasteiger partial charge on any atom is 0.494 e. The molecule has 0 amide bonds. The molecular formula is C36H34BNO3. The van der Waals surface area contributed by atoms with Crippen LogP contribution in [0.15, 0.2) is 115 Å². The van der Waals surface area contributed by atoms with Crippen molar-refractivity contribution in [3.05, 3.63) is 115 Å². The van der Waals surface area contributed by atoms with E-state index in [4.69, 9.17) is 19.0 Å². The second-order valence-electron chi connectivity index (χ2n) is 11.5. The maximum atomic E-state index is 6.36. The van der Waals surface area contributed by atoms with E-state index in [-0.39, 0.29) is 0 Å². The zero-order chi connectivity index (χ0) is 28.6. The molecule has 0 saturated carbocycles. The van der Waals surface area contributed by atoms with Crippen molar-refractivity contribution in [2.45, 2.75) is 38.9 Å². The lowest BCUT2D eigenvalue weighted by Crippen LogP contribution is -2.41. The predicted octanol–water partition coefficient (Wildman–Crippen LogP) is 8.06. The molecule has 4 nitrogen and oxygen atoms in total. The van der Waals surface area contributed by atoms with E-state index in [0.29, 0.717) is 0 Å². The van der Waals surface area contributed by atoms with Gasteiger partial charge in [0.15, 0.2) is 0 Å². The van der Waals surface area contributed by atoms with Gasteiger partial charge in [-0.25, -0.2) is 4.98 Å². The molecule has 6 rings (SSSR count). The third-order valence-electron chi connectivity index (χ3n) is 8.24. The number of ether oxygens (including phenoxy) is 1. The van der Waals surface area contributed by atoms with Crippen LogP contribution in [-0.4, -0.2) is 30.4 Å². The van der Waals surface area contributed by atoms with Gasteiger partial charge >= 0.3 is 7.12 Å². The largest absolute Gasteiger partial charge is 0.496 e. The summed E-state index contributed by atoms with van der Waals surface area (Å²) in [5.74, 6) is 0.783. The summed E-state index contributed by atoms with van der Waals surface area (Å²) >= 11 is 0. The molecule has 0 bridgehead atoms. The molecule has 1 aliphatic heterocycles. The third-order valence-corrected chi connectivity index (χ3v) is 8.24. The Morgan fingerprint density at radius 3 is 1.80 bits per heavy atom. The highest BCUT2D eigenvalue weighted by atomic mass is 16.7. The summed E-state index contributed by atoms with van der Waals surface area (Å²) in [6.45, 7) is 8.30. The molecule has 0 radical (unpaired) electrons. The second kappa shape index (κ2) is 10.7. The van der Waals surface area contributed by atoms with Crippen LogP contribution in [0, 0.1) is 0 Å². The van der Waals surface area contributed by atoms with Crippen molar-refractivity contribution >= 4 is 12.6 Å². The average molecular weight is 539 g/mol. The Hall–Kier alpha value is -4.19. The van der Waals surface area contributed by atoms with Gasteiger partial charge in [0.05, 0.1) is 29.7 Å². The first kappa shape index (κ1) is 27.0. The molecule has 204 valence electrons. The van der Waals surface area contributed by atoms with E-state index in [0.717, 1.165) is 44.9 Å². The zero-order valence-electron chi connectivity index (χ0n) is 24.2. The minimum atomic E-state index is -0.448. The minimum Gasteiger partial charge on any atom is -0.496 e. The molecule has 0 spiro atoms. The predicted molar refractivity (Wildman–Crippen MR) is 168 cm³/mol. The summed E-state index contributed by atoms with van der Waals surface area (Å²) in [5.41, 5.74) is 8.35. The highest BCUT2D eigenvalue weighted by Crippen LogP contribution is 2.39. The van der Waals surface area contributed by atoms with E-state index < -0.39 is 18.3 Å². The van der Waals surface area contributed by atoms with Crippen molar-refractivity contribution in [1.82, 2.24) is 4.98 Å². The zero-order valence-corrected chi connectivity index (χ0v) is 24.2. The van der Waals surface area contributed by atoms with Crippen molar-refractivity contribution in [2.24, 2.45) is 0 Å². The summed E-state index contributed by atoms with van der Waals surface area (Å²) in [7, 11) is 1.25. The standard InChI is InChI=1S/C36H34BNO3/c1-35(2)36(3,4)41-37(40-35)28-17-13-16-26(22-28)32-23-27(24-33(38-32)31-20-11-12-21-34(31)39-5)30-19-10-9-18-29(30)25-14-7-6-8-15-25/h6-24H,1-5H3. The second-order valence-corrected chi connectivity index (χ2v) is 11.5. The van der Waals surface area contributed by atoms with Gasteiger partial charge in [-0.1, -0.05) is 91.0 Å². The van der Waals surface area contributed by atoms with Crippen LogP contribution >= 0.6 is 0 Å². The number of nitrogens with zero attached hydrogens (tertiary/aromatic N) is 1.